The molecule has 3 N–H and O–H groups in total. The first-order valence-corrected chi connectivity index (χ1v) is 17.7. The van der Waals surface area contributed by atoms with Crippen molar-refractivity contribution < 1.29 is 0 Å². The number of hydrogen-bond donors (Lipinski definition) is 3. The van der Waals surface area contributed by atoms with Crippen LogP contribution >= 0.6 is 0 Å². The number of nitrogens with one attached hydrogen (secondary N) is 3. The summed E-state index contributed by atoms with van der Waals surface area (Å²) in [4.78, 5) is 10.1. The Kier molecular flexibility index (Phi) is 11.9. The summed E-state index contributed by atoms with van der Waals surface area (Å²) in [5.74, 6) is 1.67. The molecule has 4 aromatic rings. The van der Waals surface area contributed by atoms with E-state index >= 15 is 0 Å². The zero-order chi connectivity index (χ0) is 31.7. The van der Waals surface area contributed by atoms with Gasteiger partial charge in [0, 0.05) is 41.1 Å². The van der Waals surface area contributed by atoms with Crippen molar-refractivity contribution in [3.63, 3.8) is 0 Å². The zero-order valence-corrected chi connectivity index (χ0v) is 29.2. The van der Waals surface area contributed by atoms with Gasteiger partial charge in [-0.05, 0) is 129 Å². The molecule has 2 unspecified atom stereocenters. The molecule has 3 nitrogen and oxygen atoms in total. The lowest BCUT2D eigenvalue weighted by Crippen LogP contribution is -2.28. The molecule has 3 aliphatic carbocycles. The van der Waals surface area contributed by atoms with Gasteiger partial charge >= 0.3 is 0 Å². The van der Waals surface area contributed by atoms with Gasteiger partial charge in [-0.3, -0.25) is 0 Å². The summed E-state index contributed by atoms with van der Waals surface area (Å²) in [5, 5.41) is 0. The minimum Gasteiger partial charge on any atom is -0.365 e. The third kappa shape index (κ3) is 8.61. The van der Waals surface area contributed by atoms with Gasteiger partial charge in [-0.2, -0.15) is 0 Å². The van der Waals surface area contributed by atoms with E-state index in [9.17, 15) is 0 Å². The van der Waals surface area contributed by atoms with Gasteiger partial charge in [0.05, 0.1) is 0 Å². The van der Waals surface area contributed by atoms with E-state index in [0.29, 0.717) is 10.8 Å². The largest absolute Gasteiger partial charge is 0.365 e. The lowest BCUT2D eigenvalue weighted by Gasteiger charge is -2.36. The molecule has 0 spiro atoms. The molecule has 0 amide bonds. The van der Waals surface area contributed by atoms with Gasteiger partial charge in [0.25, 0.3) is 0 Å². The average molecular weight is 596 g/mol. The Hall–Kier alpha value is -2.94. The third-order valence-electron chi connectivity index (χ3n) is 10.8. The number of aromatic amines is 3. The second-order valence-corrected chi connectivity index (χ2v) is 14.7. The Morgan fingerprint density at radius 1 is 0.750 bits per heavy atom. The van der Waals surface area contributed by atoms with Crippen molar-refractivity contribution in [1.82, 2.24) is 15.0 Å². The third-order valence-corrected chi connectivity index (χ3v) is 10.8. The number of H-pyrrole nitrogens is 3. The second kappa shape index (κ2) is 15.4. The summed E-state index contributed by atoms with van der Waals surface area (Å²) in [7, 11) is 0. The summed E-state index contributed by atoms with van der Waals surface area (Å²) in [6, 6.07) is 15.7. The van der Waals surface area contributed by atoms with E-state index in [2.05, 4.69) is 118 Å². The average Bonchev–Trinajstić information content (AvgIpc) is 3.81. The SMILES string of the molecule is CC.CC1(C)CCCc2cc[nH]c21.CCC(C)(C)C1CCc2cc[nH]c2C1.Cc1ccc(CC2CCc3cc[nH]c3C2)cc1. The molecule has 0 aliphatic heterocycles. The number of hydrogen-bond acceptors (Lipinski definition) is 0. The van der Waals surface area contributed by atoms with Gasteiger partial charge in [0.15, 0.2) is 0 Å². The highest BCUT2D eigenvalue weighted by Gasteiger charge is 2.31. The lowest BCUT2D eigenvalue weighted by molar-refractivity contribution is 0.182. The summed E-state index contributed by atoms with van der Waals surface area (Å²) < 4.78 is 0. The Labute approximate surface area is 269 Å². The van der Waals surface area contributed by atoms with Crippen molar-refractivity contribution in [3.8, 4) is 0 Å². The van der Waals surface area contributed by atoms with Gasteiger partial charge in [0.1, 0.15) is 0 Å². The van der Waals surface area contributed by atoms with E-state index in [4.69, 9.17) is 0 Å². The number of fused-ring (bicyclic) bond motifs is 3. The summed E-state index contributed by atoms with van der Waals surface area (Å²) in [6.07, 6.45) is 20.4. The molecule has 7 rings (SSSR count). The monoisotopic (exact) mass is 595 g/mol. The van der Waals surface area contributed by atoms with Crippen LogP contribution in [0.5, 0.6) is 0 Å². The highest BCUT2D eigenvalue weighted by molar-refractivity contribution is 5.30. The Bertz CT molecular complexity index is 1390. The molecule has 3 aromatic heterocycles. The zero-order valence-electron chi connectivity index (χ0n) is 29.2. The van der Waals surface area contributed by atoms with Crippen LogP contribution in [0.25, 0.3) is 0 Å². The molecule has 0 saturated carbocycles. The molecule has 3 heterocycles. The first kappa shape index (κ1) is 33.9. The van der Waals surface area contributed by atoms with Crippen LogP contribution in [0.3, 0.4) is 0 Å². The number of aryl methyl sites for hydroxylation is 4. The predicted molar refractivity (Wildman–Crippen MR) is 190 cm³/mol. The highest BCUT2D eigenvalue weighted by Crippen LogP contribution is 2.39. The minimum atomic E-state index is 0.386. The van der Waals surface area contributed by atoms with E-state index in [0.717, 1.165) is 11.8 Å². The fourth-order valence-electron chi connectivity index (χ4n) is 7.42. The van der Waals surface area contributed by atoms with Crippen molar-refractivity contribution >= 4 is 0 Å². The first-order chi connectivity index (χ1) is 21.1. The molecule has 3 aliphatic rings. The smallest absolute Gasteiger partial charge is 0.0237 e. The molecule has 0 fully saturated rings. The predicted octanol–water partition coefficient (Wildman–Crippen LogP) is 10.9. The fraction of sp³-hybridized carbons (Fsp3) is 0.561. The van der Waals surface area contributed by atoms with Crippen LogP contribution in [0.2, 0.25) is 0 Å². The molecule has 0 saturated heterocycles. The Morgan fingerprint density at radius 2 is 1.34 bits per heavy atom. The van der Waals surface area contributed by atoms with Gasteiger partial charge in [0.2, 0.25) is 0 Å². The Balaban J connectivity index is 0.000000150. The van der Waals surface area contributed by atoms with Crippen LogP contribution < -0.4 is 0 Å². The quantitative estimate of drug-likeness (QED) is 0.210. The van der Waals surface area contributed by atoms with Crippen LogP contribution in [0.15, 0.2) is 61.1 Å². The minimum absolute atomic E-state index is 0.386. The van der Waals surface area contributed by atoms with Crippen LogP contribution in [0.4, 0.5) is 0 Å². The summed E-state index contributed by atoms with van der Waals surface area (Å²) in [6.45, 7) is 17.9. The normalized spacial score (nSPS) is 19.8. The highest BCUT2D eigenvalue weighted by atomic mass is 14.7. The topological polar surface area (TPSA) is 47.4 Å². The maximum Gasteiger partial charge on any atom is 0.0237 e. The van der Waals surface area contributed by atoms with Crippen molar-refractivity contribution in [1.29, 1.82) is 0 Å². The molecule has 44 heavy (non-hydrogen) atoms. The molecule has 2 atom stereocenters. The van der Waals surface area contributed by atoms with E-state index in [1.54, 1.807) is 5.56 Å². The van der Waals surface area contributed by atoms with Crippen molar-refractivity contribution in [2.24, 2.45) is 17.3 Å². The van der Waals surface area contributed by atoms with Crippen molar-refractivity contribution in [2.45, 2.75) is 131 Å². The molecular weight excluding hydrogens is 534 g/mol. The van der Waals surface area contributed by atoms with E-state index in [1.807, 2.05) is 13.8 Å². The van der Waals surface area contributed by atoms with Crippen molar-refractivity contribution in [3.05, 3.63) is 106 Å². The van der Waals surface area contributed by atoms with E-state index < -0.39 is 0 Å². The van der Waals surface area contributed by atoms with Gasteiger partial charge in [-0.25, -0.2) is 0 Å². The van der Waals surface area contributed by atoms with E-state index in [1.165, 1.54) is 110 Å². The number of benzene rings is 1. The molecule has 240 valence electrons. The molecule has 0 radical (unpaired) electrons. The van der Waals surface area contributed by atoms with Gasteiger partial charge < -0.3 is 15.0 Å². The van der Waals surface area contributed by atoms with E-state index in [-0.39, 0.29) is 0 Å². The fourth-order valence-corrected chi connectivity index (χ4v) is 7.42. The number of rotatable bonds is 4. The molecule has 0 bridgehead atoms. The second-order valence-electron chi connectivity index (χ2n) is 14.7. The number of aromatic nitrogens is 3. The lowest BCUT2D eigenvalue weighted by atomic mass is 9.69. The standard InChI is InChI=1S/C16H19N.C13H21N.C10H15N.C2H6/c1-12-2-4-13(5-3-12)10-14-6-7-15-8-9-17-16(15)11-14;1-4-13(2,3)11-6-5-10-7-8-14-12(10)9-11;1-10(2)6-3-4-8-5-7-11-9(8)10;1-2/h2-5,8-9,14,17H,6-7,10-11H2,1H3;7-8,11,14H,4-6,9H2,1-3H3;5,7,11H,3-4,6H2,1-2H3;1-2H3. The van der Waals surface area contributed by atoms with Crippen LogP contribution in [0.1, 0.15) is 125 Å². The van der Waals surface area contributed by atoms with Gasteiger partial charge in [-0.1, -0.05) is 84.7 Å². The Morgan fingerprint density at radius 3 is 1.98 bits per heavy atom. The van der Waals surface area contributed by atoms with Gasteiger partial charge in [-0.15, -0.1) is 0 Å². The van der Waals surface area contributed by atoms with Crippen molar-refractivity contribution in [2.75, 3.05) is 0 Å². The first-order valence-electron chi connectivity index (χ1n) is 17.7. The summed E-state index contributed by atoms with van der Waals surface area (Å²) >= 11 is 0. The molecule has 1 aromatic carbocycles. The summed E-state index contributed by atoms with van der Waals surface area (Å²) in [5.41, 5.74) is 12.7. The van der Waals surface area contributed by atoms with Crippen LogP contribution in [-0.2, 0) is 43.9 Å². The maximum absolute atomic E-state index is 3.38. The maximum atomic E-state index is 3.38. The van der Waals surface area contributed by atoms with Crippen LogP contribution in [0, 0.1) is 24.2 Å². The molecular formula is C41H61N3. The molecule has 3 heteroatoms. The van der Waals surface area contributed by atoms with Crippen LogP contribution in [-0.4, -0.2) is 15.0 Å².